The summed E-state index contributed by atoms with van der Waals surface area (Å²) >= 11 is 8.51. The number of ether oxygens (including phenoxy) is 2. The molecule has 0 radical (unpaired) electrons. The van der Waals surface area contributed by atoms with Gasteiger partial charge >= 0.3 is 5.97 Å². The first-order valence-electron chi connectivity index (χ1n) is 9.37. The molecule has 32 heavy (non-hydrogen) atoms. The molecular weight excluding hydrogens is 864 g/mol. The smallest absolute Gasteiger partial charge is 0.338 e. The van der Waals surface area contributed by atoms with Gasteiger partial charge < -0.3 is 13.9 Å². The molecule has 0 saturated heterocycles. The molecule has 9 heteroatoms. The number of esters is 1. The van der Waals surface area contributed by atoms with Gasteiger partial charge in [-0.3, -0.25) is 4.79 Å². The summed E-state index contributed by atoms with van der Waals surface area (Å²) in [5, 5.41) is 0.828. The molecule has 0 spiro atoms. The quantitative estimate of drug-likeness (QED) is 0.124. The van der Waals surface area contributed by atoms with Crippen molar-refractivity contribution in [2.45, 2.75) is 6.92 Å². The maximum atomic E-state index is 12.8. The lowest BCUT2D eigenvalue weighted by Gasteiger charge is -2.20. The van der Waals surface area contributed by atoms with Crippen LogP contribution in [0.3, 0.4) is 0 Å². The molecule has 0 fully saturated rings. The van der Waals surface area contributed by atoms with Crippen LogP contribution in [0.2, 0.25) is 0 Å². The lowest BCUT2D eigenvalue weighted by atomic mass is 9.91. The van der Waals surface area contributed by atoms with Crippen LogP contribution in [0.1, 0.15) is 17.3 Å². The van der Waals surface area contributed by atoms with Crippen molar-refractivity contribution in [2.75, 3.05) is 13.7 Å². The number of rotatable bonds is 4. The number of carbonyl (C=O) groups excluding carboxylic acids is 1. The van der Waals surface area contributed by atoms with Gasteiger partial charge in [0.05, 0.1) is 30.0 Å². The van der Waals surface area contributed by atoms with Crippen molar-refractivity contribution >= 4 is 107 Å². The maximum Gasteiger partial charge on any atom is 0.338 e. The van der Waals surface area contributed by atoms with E-state index in [0.29, 0.717) is 29.8 Å². The molecule has 0 N–H and O–H groups in total. The Morgan fingerprint density at radius 2 is 1.72 bits per heavy atom. The number of benzene rings is 3. The van der Waals surface area contributed by atoms with Gasteiger partial charge in [0.15, 0.2) is 11.3 Å². The topological polar surface area (TPSA) is 65.7 Å². The summed E-state index contributed by atoms with van der Waals surface area (Å²) in [6.07, 6.45) is 0. The Balaban J connectivity index is 2.26. The number of fused-ring (bicyclic) bond motifs is 2. The molecule has 164 valence electrons. The minimum atomic E-state index is -0.395. The molecule has 0 aromatic heterocycles. The molecule has 0 saturated carbocycles. The van der Waals surface area contributed by atoms with Crippen LogP contribution in [0, 0.1) is 14.3 Å². The van der Waals surface area contributed by atoms with Crippen LogP contribution in [0.5, 0.6) is 5.75 Å². The third-order valence-electron chi connectivity index (χ3n) is 4.90. The zero-order valence-corrected chi connectivity index (χ0v) is 25.4. The zero-order chi connectivity index (χ0) is 23.2. The minimum Gasteiger partial charge on any atom is -0.494 e. The van der Waals surface area contributed by atoms with Crippen molar-refractivity contribution in [3.05, 3.63) is 66.5 Å². The molecule has 5 nitrogen and oxygen atoms in total. The standard InChI is InChI=1S/C23H14I4O5/c1-3-31-23(29)11-7-5-4-6-10(11)16-12-8-14(24)19(28)17(26)20(12)32-21-13(16)9-15(25)22(30-2)18(21)27/h4-9H,3H2,1-2H3. The Morgan fingerprint density at radius 3 is 2.41 bits per heavy atom. The van der Waals surface area contributed by atoms with E-state index in [1.165, 1.54) is 0 Å². The Kier molecular flexibility index (Phi) is 7.56. The normalized spacial score (nSPS) is 11.2. The number of carbonyl (C=O) groups is 1. The van der Waals surface area contributed by atoms with E-state index in [-0.39, 0.29) is 12.0 Å². The van der Waals surface area contributed by atoms with Crippen molar-refractivity contribution in [1.29, 1.82) is 0 Å². The van der Waals surface area contributed by atoms with Gasteiger partial charge in [0.25, 0.3) is 0 Å². The van der Waals surface area contributed by atoms with E-state index in [1.807, 2.05) is 75.5 Å². The van der Waals surface area contributed by atoms with Crippen molar-refractivity contribution in [3.63, 3.8) is 0 Å². The zero-order valence-electron chi connectivity index (χ0n) is 16.7. The first-order valence-corrected chi connectivity index (χ1v) is 13.7. The maximum absolute atomic E-state index is 12.8. The third-order valence-corrected chi connectivity index (χ3v) is 8.46. The fourth-order valence-electron chi connectivity index (χ4n) is 3.55. The predicted octanol–water partition coefficient (Wildman–Crippen LogP) is 7.17. The summed E-state index contributed by atoms with van der Waals surface area (Å²) in [6, 6.07) is 11.2. The van der Waals surface area contributed by atoms with E-state index in [4.69, 9.17) is 13.9 Å². The Morgan fingerprint density at radius 1 is 1.00 bits per heavy atom. The van der Waals surface area contributed by atoms with Crippen molar-refractivity contribution in [1.82, 2.24) is 0 Å². The number of methoxy groups -OCH3 is 1. The Labute approximate surface area is 238 Å². The molecule has 2 aliphatic rings. The van der Waals surface area contributed by atoms with Gasteiger partial charge in [-0.2, -0.15) is 0 Å². The molecule has 0 amide bonds. The third kappa shape index (κ3) is 4.15. The second-order valence-electron chi connectivity index (χ2n) is 6.70. The summed E-state index contributed by atoms with van der Waals surface area (Å²) in [4.78, 5) is 25.5. The monoisotopic (exact) mass is 878 g/mol. The van der Waals surface area contributed by atoms with Crippen LogP contribution < -0.4 is 10.2 Å². The fraction of sp³-hybridized carbons (Fsp3) is 0.130. The average molecular weight is 878 g/mol. The molecule has 0 atom stereocenters. The lowest BCUT2D eigenvalue weighted by Crippen LogP contribution is -2.13. The summed E-state index contributed by atoms with van der Waals surface area (Å²) < 4.78 is 20.0. The summed E-state index contributed by atoms with van der Waals surface area (Å²) in [5.41, 5.74) is 3.28. The highest BCUT2D eigenvalue weighted by molar-refractivity contribution is 14.1. The fourth-order valence-corrected chi connectivity index (χ4v) is 7.57. The van der Waals surface area contributed by atoms with E-state index < -0.39 is 5.97 Å². The van der Waals surface area contributed by atoms with Gasteiger partial charge in [-0.25, -0.2) is 4.79 Å². The highest BCUT2D eigenvalue weighted by atomic mass is 127. The van der Waals surface area contributed by atoms with Crippen molar-refractivity contribution in [2.24, 2.45) is 0 Å². The van der Waals surface area contributed by atoms with E-state index in [2.05, 4.69) is 45.2 Å². The Bertz CT molecular complexity index is 1410. The molecule has 1 aliphatic carbocycles. The molecule has 1 heterocycles. The number of halogens is 4. The largest absolute Gasteiger partial charge is 0.494 e. The average Bonchev–Trinajstić information content (AvgIpc) is 2.77. The van der Waals surface area contributed by atoms with Crippen LogP contribution in [0.15, 0.2) is 45.6 Å². The molecular formula is C23H14I4O5. The van der Waals surface area contributed by atoms with Gasteiger partial charge in [-0.05, 0) is 121 Å². The van der Waals surface area contributed by atoms with Crippen LogP contribution in [-0.2, 0) is 4.74 Å². The van der Waals surface area contributed by atoms with Crippen molar-refractivity contribution in [3.8, 4) is 28.2 Å². The van der Waals surface area contributed by atoms with Gasteiger partial charge in [-0.15, -0.1) is 0 Å². The summed E-state index contributed by atoms with van der Waals surface area (Å²) in [5.74, 6) is 0.792. The highest BCUT2D eigenvalue weighted by Crippen LogP contribution is 2.46. The number of hydrogen-bond acceptors (Lipinski definition) is 5. The molecule has 2 aromatic rings. The van der Waals surface area contributed by atoms with Gasteiger partial charge in [-0.1, -0.05) is 18.2 Å². The van der Waals surface area contributed by atoms with Crippen LogP contribution in [0.4, 0.5) is 0 Å². The second kappa shape index (κ2) is 9.90. The summed E-state index contributed by atoms with van der Waals surface area (Å²) in [6.45, 7) is 2.06. The van der Waals surface area contributed by atoms with Gasteiger partial charge in [0, 0.05) is 16.5 Å². The first-order chi connectivity index (χ1) is 15.3. The van der Waals surface area contributed by atoms with E-state index >= 15 is 0 Å². The highest BCUT2D eigenvalue weighted by Gasteiger charge is 2.27. The summed E-state index contributed by atoms with van der Waals surface area (Å²) in [7, 11) is 1.62. The van der Waals surface area contributed by atoms with E-state index in [0.717, 1.165) is 29.2 Å². The Hall–Kier alpha value is -0.680. The predicted molar refractivity (Wildman–Crippen MR) is 158 cm³/mol. The molecule has 2 aromatic carbocycles. The van der Waals surface area contributed by atoms with E-state index in [1.54, 1.807) is 20.1 Å². The van der Waals surface area contributed by atoms with Crippen LogP contribution >= 0.6 is 90.4 Å². The molecule has 1 aliphatic heterocycles. The lowest BCUT2D eigenvalue weighted by molar-refractivity contribution is 0.0527. The SMILES string of the molecule is CCOC(=O)c1ccccc1-c1c2cc(I)c(=O)c(I)c-2oc2c(I)c(OC)c(I)cc12. The van der Waals surface area contributed by atoms with Gasteiger partial charge in [0.2, 0.25) is 5.43 Å². The molecule has 0 bridgehead atoms. The van der Waals surface area contributed by atoms with Gasteiger partial charge in [0.1, 0.15) is 9.32 Å². The molecule has 0 unspecified atom stereocenters. The van der Waals surface area contributed by atoms with E-state index in [9.17, 15) is 9.59 Å². The van der Waals surface area contributed by atoms with Crippen LogP contribution in [-0.4, -0.2) is 19.7 Å². The second-order valence-corrected chi connectivity index (χ2v) is 11.2. The first kappa shape index (κ1) is 24.4. The van der Waals surface area contributed by atoms with Crippen LogP contribution in [0.25, 0.3) is 33.4 Å². The minimum absolute atomic E-state index is 0.0843. The molecule has 4 rings (SSSR count). The number of hydrogen-bond donors (Lipinski definition) is 0. The van der Waals surface area contributed by atoms with Crippen molar-refractivity contribution < 1.29 is 18.7 Å².